The van der Waals surface area contributed by atoms with Crippen LogP contribution in [-0.4, -0.2) is 11.0 Å². The molecule has 140 valence electrons. The van der Waals surface area contributed by atoms with Crippen molar-refractivity contribution in [2.24, 2.45) is 0 Å². The molecular weight excluding hydrogens is 357 g/mol. The molecule has 0 spiro atoms. The summed E-state index contributed by atoms with van der Waals surface area (Å²) in [6, 6.07) is 11.2. The normalized spacial score (nSPS) is 13.8. The zero-order valence-corrected chi connectivity index (χ0v) is 14.6. The quantitative estimate of drug-likeness (QED) is 0.669. The molecule has 0 saturated carbocycles. The predicted molar refractivity (Wildman–Crippen MR) is 96.8 cm³/mol. The second kappa shape index (κ2) is 6.31. The standard InChI is InChI=1S/C19H17F3N4O/c1-11(2)26-17-8-7-12(9-15(17)24-25-26)18-23-16(10-27-18)13-5-3-4-6-14(13)19(20,21)22/h3-11,24-25H,1-2H3. The van der Waals surface area contributed by atoms with Crippen molar-refractivity contribution in [3.63, 3.8) is 0 Å². The minimum Gasteiger partial charge on any atom is -0.444 e. The van der Waals surface area contributed by atoms with E-state index in [1.807, 2.05) is 23.2 Å². The summed E-state index contributed by atoms with van der Waals surface area (Å²) in [4.78, 5) is 4.28. The largest absolute Gasteiger partial charge is 0.444 e. The van der Waals surface area contributed by atoms with Crippen LogP contribution in [0.5, 0.6) is 0 Å². The number of aromatic nitrogens is 1. The molecule has 1 aliphatic heterocycles. The average molecular weight is 374 g/mol. The van der Waals surface area contributed by atoms with Crippen molar-refractivity contribution in [1.82, 2.24) is 10.5 Å². The minimum atomic E-state index is -4.46. The molecule has 0 radical (unpaired) electrons. The molecule has 2 N–H and O–H groups in total. The molecule has 2 heterocycles. The number of anilines is 2. The number of hydrogen-bond donors (Lipinski definition) is 2. The molecule has 4 rings (SSSR count). The molecule has 0 fully saturated rings. The summed E-state index contributed by atoms with van der Waals surface area (Å²) in [5.74, 6) is 0.259. The minimum absolute atomic E-state index is 0.00747. The fourth-order valence-corrected chi connectivity index (χ4v) is 3.05. The van der Waals surface area contributed by atoms with E-state index in [9.17, 15) is 13.2 Å². The van der Waals surface area contributed by atoms with Crippen LogP contribution >= 0.6 is 0 Å². The van der Waals surface area contributed by atoms with Crippen molar-refractivity contribution in [3.8, 4) is 22.7 Å². The first-order valence-corrected chi connectivity index (χ1v) is 8.42. The van der Waals surface area contributed by atoms with E-state index in [0.717, 1.165) is 17.4 Å². The maximum atomic E-state index is 13.2. The fourth-order valence-electron chi connectivity index (χ4n) is 3.05. The van der Waals surface area contributed by atoms with Gasteiger partial charge >= 0.3 is 6.18 Å². The molecule has 0 atom stereocenters. The van der Waals surface area contributed by atoms with Gasteiger partial charge in [0.2, 0.25) is 5.89 Å². The van der Waals surface area contributed by atoms with Crippen LogP contribution in [0, 0.1) is 0 Å². The molecule has 3 aromatic rings. The van der Waals surface area contributed by atoms with Crippen molar-refractivity contribution in [1.29, 1.82) is 0 Å². The highest BCUT2D eigenvalue weighted by molar-refractivity contribution is 5.79. The van der Waals surface area contributed by atoms with E-state index in [1.165, 1.54) is 18.4 Å². The molecule has 27 heavy (non-hydrogen) atoms. The van der Waals surface area contributed by atoms with Gasteiger partial charge in [0.15, 0.2) is 0 Å². The Balaban J connectivity index is 1.69. The molecule has 1 aliphatic rings. The van der Waals surface area contributed by atoms with Gasteiger partial charge in [0.05, 0.1) is 16.9 Å². The molecule has 5 nitrogen and oxygen atoms in total. The second-order valence-corrected chi connectivity index (χ2v) is 6.51. The Labute approximate surface area is 153 Å². The summed E-state index contributed by atoms with van der Waals surface area (Å²) in [6.07, 6.45) is -3.21. The van der Waals surface area contributed by atoms with E-state index in [-0.39, 0.29) is 23.2 Å². The Hall–Kier alpha value is -3.00. The maximum absolute atomic E-state index is 13.2. The Morgan fingerprint density at radius 3 is 2.63 bits per heavy atom. The smallest absolute Gasteiger partial charge is 0.417 e. The molecule has 0 aliphatic carbocycles. The van der Waals surface area contributed by atoms with Crippen LogP contribution in [0.4, 0.5) is 24.5 Å². The molecule has 0 bridgehead atoms. The van der Waals surface area contributed by atoms with Crippen LogP contribution in [0.25, 0.3) is 22.7 Å². The highest BCUT2D eigenvalue weighted by Crippen LogP contribution is 2.38. The van der Waals surface area contributed by atoms with E-state index < -0.39 is 11.7 Å². The van der Waals surface area contributed by atoms with Gasteiger partial charge in [-0.05, 0) is 38.1 Å². The van der Waals surface area contributed by atoms with Crippen LogP contribution in [0.2, 0.25) is 0 Å². The zero-order valence-electron chi connectivity index (χ0n) is 14.6. The lowest BCUT2D eigenvalue weighted by molar-refractivity contribution is -0.137. The summed E-state index contributed by atoms with van der Waals surface area (Å²) >= 11 is 0. The second-order valence-electron chi connectivity index (χ2n) is 6.51. The number of fused-ring (bicyclic) bond motifs is 1. The zero-order chi connectivity index (χ0) is 19.2. The number of hydrazine groups is 2. The topological polar surface area (TPSA) is 53.3 Å². The number of oxazole rings is 1. The van der Waals surface area contributed by atoms with Gasteiger partial charge in [0, 0.05) is 17.2 Å². The molecule has 8 heteroatoms. The molecule has 0 amide bonds. The van der Waals surface area contributed by atoms with E-state index in [1.54, 1.807) is 6.07 Å². The van der Waals surface area contributed by atoms with Crippen molar-refractivity contribution in [3.05, 3.63) is 54.3 Å². The first-order chi connectivity index (χ1) is 12.8. The van der Waals surface area contributed by atoms with Gasteiger partial charge < -0.3 is 9.84 Å². The van der Waals surface area contributed by atoms with Crippen molar-refractivity contribution in [2.75, 3.05) is 10.4 Å². The van der Waals surface area contributed by atoms with Crippen molar-refractivity contribution >= 4 is 11.4 Å². The van der Waals surface area contributed by atoms with Crippen LogP contribution in [0.15, 0.2) is 53.1 Å². The van der Waals surface area contributed by atoms with Gasteiger partial charge in [0.1, 0.15) is 12.0 Å². The van der Waals surface area contributed by atoms with Gasteiger partial charge in [-0.2, -0.15) is 13.2 Å². The van der Waals surface area contributed by atoms with Gasteiger partial charge in [-0.15, -0.1) is 5.53 Å². The number of alkyl halides is 3. The van der Waals surface area contributed by atoms with E-state index in [2.05, 4.69) is 29.8 Å². The van der Waals surface area contributed by atoms with E-state index in [0.29, 0.717) is 5.56 Å². The molecule has 0 saturated heterocycles. The van der Waals surface area contributed by atoms with E-state index in [4.69, 9.17) is 4.42 Å². The number of hydrogen-bond acceptors (Lipinski definition) is 5. The summed E-state index contributed by atoms with van der Waals surface area (Å²) in [6.45, 7) is 4.10. The van der Waals surface area contributed by atoms with Crippen molar-refractivity contribution in [2.45, 2.75) is 26.1 Å². The molecule has 2 aromatic carbocycles. The molecular formula is C19H17F3N4O. The van der Waals surface area contributed by atoms with Gasteiger partial charge in [-0.25, -0.2) is 4.98 Å². The summed E-state index contributed by atoms with van der Waals surface area (Å²) in [5.41, 5.74) is 8.02. The number of halogens is 3. The monoisotopic (exact) mass is 374 g/mol. The Bertz CT molecular complexity index is 981. The van der Waals surface area contributed by atoms with Crippen LogP contribution < -0.4 is 16.0 Å². The third-order valence-corrected chi connectivity index (χ3v) is 4.34. The highest BCUT2D eigenvalue weighted by Gasteiger charge is 2.34. The van der Waals surface area contributed by atoms with Gasteiger partial charge in [0.25, 0.3) is 0 Å². The first-order valence-electron chi connectivity index (χ1n) is 8.42. The molecule has 0 unspecified atom stereocenters. The van der Waals surface area contributed by atoms with E-state index >= 15 is 0 Å². The third kappa shape index (κ3) is 3.12. The maximum Gasteiger partial charge on any atom is 0.417 e. The predicted octanol–water partition coefficient (Wildman–Crippen LogP) is 5.09. The highest BCUT2D eigenvalue weighted by atomic mass is 19.4. The van der Waals surface area contributed by atoms with Gasteiger partial charge in [-0.1, -0.05) is 18.2 Å². The summed E-state index contributed by atoms with van der Waals surface area (Å²) < 4.78 is 45.2. The number of nitrogens with zero attached hydrogens (tertiary/aromatic N) is 2. The fraction of sp³-hybridized carbons (Fsp3) is 0.211. The summed E-state index contributed by atoms with van der Waals surface area (Å²) in [5, 5.41) is 1.97. The van der Waals surface area contributed by atoms with Gasteiger partial charge in [-0.3, -0.25) is 5.01 Å². The van der Waals surface area contributed by atoms with Crippen LogP contribution in [0.1, 0.15) is 19.4 Å². The Kier molecular flexibility index (Phi) is 4.07. The van der Waals surface area contributed by atoms with Crippen LogP contribution in [-0.2, 0) is 6.18 Å². The summed E-state index contributed by atoms with van der Waals surface area (Å²) in [7, 11) is 0. The SMILES string of the molecule is CC(C)N1NNc2cc(-c3nc(-c4ccccc4C(F)(F)F)co3)ccc21. The molecule has 1 aromatic heterocycles. The lowest BCUT2D eigenvalue weighted by Crippen LogP contribution is -2.41. The van der Waals surface area contributed by atoms with Crippen LogP contribution in [0.3, 0.4) is 0 Å². The Morgan fingerprint density at radius 1 is 1.11 bits per heavy atom. The number of benzene rings is 2. The van der Waals surface area contributed by atoms with Crippen molar-refractivity contribution < 1.29 is 17.6 Å². The number of nitrogens with one attached hydrogen (secondary N) is 2. The third-order valence-electron chi connectivity index (χ3n) is 4.34. The number of rotatable bonds is 3. The lowest BCUT2D eigenvalue weighted by Gasteiger charge is -2.21. The Morgan fingerprint density at radius 2 is 1.89 bits per heavy atom. The lowest BCUT2D eigenvalue weighted by atomic mass is 10.0. The first kappa shape index (κ1) is 17.4. The average Bonchev–Trinajstić information content (AvgIpc) is 3.27.